The van der Waals surface area contributed by atoms with Gasteiger partial charge in [0.15, 0.2) is 0 Å². The average Bonchev–Trinajstić information content (AvgIpc) is 1.97. The van der Waals surface area contributed by atoms with Gasteiger partial charge in [-0.25, -0.2) is 0 Å². The highest BCUT2D eigenvalue weighted by molar-refractivity contribution is 4.87. The van der Waals surface area contributed by atoms with Gasteiger partial charge in [-0.2, -0.15) is 0 Å². The van der Waals surface area contributed by atoms with Crippen molar-refractivity contribution in [2.24, 2.45) is 0 Å². The molecular formula is C9H18O. The van der Waals surface area contributed by atoms with Crippen LogP contribution in [-0.2, 0) is 0 Å². The third-order valence-electron chi connectivity index (χ3n) is 1.45. The van der Waals surface area contributed by atoms with Gasteiger partial charge in [0.2, 0.25) is 0 Å². The van der Waals surface area contributed by atoms with Crippen molar-refractivity contribution in [3.05, 3.63) is 12.2 Å². The predicted octanol–water partition coefficient (Wildman–Crippen LogP) is 2.50. The standard InChI is InChI=1S/C9H18O/c1-3-5-7-9(10)8-6-4-2/h5,7,9-10H,3-4,6,8H2,1-2H3/b7-5+. The lowest BCUT2D eigenvalue weighted by molar-refractivity contribution is 0.209. The summed E-state index contributed by atoms with van der Waals surface area (Å²) in [6.45, 7) is 4.21. The highest BCUT2D eigenvalue weighted by atomic mass is 16.3. The van der Waals surface area contributed by atoms with Crippen molar-refractivity contribution < 1.29 is 5.11 Å². The Kier molecular flexibility index (Phi) is 6.61. The van der Waals surface area contributed by atoms with Crippen molar-refractivity contribution in [1.29, 1.82) is 0 Å². The number of hydrogen-bond acceptors (Lipinski definition) is 1. The molecule has 10 heavy (non-hydrogen) atoms. The molecule has 0 aromatic heterocycles. The second-order valence-electron chi connectivity index (χ2n) is 2.55. The van der Waals surface area contributed by atoms with E-state index >= 15 is 0 Å². The van der Waals surface area contributed by atoms with Crippen molar-refractivity contribution in [2.45, 2.75) is 45.6 Å². The molecule has 0 bridgehead atoms. The summed E-state index contributed by atoms with van der Waals surface area (Å²) < 4.78 is 0. The molecule has 0 amide bonds. The van der Waals surface area contributed by atoms with Crippen molar-refractivity contribution in [3.63, 3.8) is 0 Å². The van der Waals surface area contributed by atoms with Crippen molar-refractivity contribution >= 4 is 0 Å². The Morgan fingerprint density at radius 3 is 2.60 bits per heavy atom. The Morgan fingerprint density at radius 2 is 2.10 bits per heavy atom. The zero-order chi connectivity index (χ0) is 7.82. The summed E-state index contributed by atoms with van der Waals surface area (Å²) in [7, 11) is 0. The number of rotatable bonds is 5. The molecule has 1 N–H and O–H groups in total. The minimum absolute atomic E-state index is 0.208. The Labute approximate surface area is 63.8 Å². The molecule has 0 spiro atoms. The van der Waals surface area contributed by atoms with E-state index in [0.717, 1.165) is 25.7 Å². The van der Waals surface area contributed by atoms with Gasteiger partial charge in [-0.15, -0.1) is 0 Å². The molecule has 1 unspecified atom stereocenters. The van der Waals surface area contributed by atoms with Gasteiger partial charge in [-0.1, -0.05) is 38.8 Å². The van der Waals surface area contributed by atoms with Crippen LogP contribution in [-0.4, -0.2) is 11.2 Å². The predicted molar refractivity (Wildman–Crippen MR) is 45.0 cm³/mol. The molecule has 1 atom stereocenters. The van der Waals surface area contributed by atoms with Crippen molar-refractivity contribution in [3.8, 4) is 0 Å². The number of aliphatic hydroxyl groups excluding tert-OH is 1. The smallest absolute Gasteiger partial charge is 0.0720 e. The van der Waals surface area contributed by atoms with Crippen LogP contribution in [0, 0.1) is 0 Å². The molecule has 60 valence electrons. The van der Waals surface area contributed by atoms with Gasteiger partial charge in [0.05, 0.1) is 6.10 Å². The van der Waals surface area contributed by atoms with Crippen LogP contribution in [0.5, 0.6) is 0 Å². The molecule has 0 rings (SSSR count). The minimum atomic E-state index is -0.208. The fourth-order valence-electron chi connectivity index (χ4n) is 0.803. The first-order chi connectivity index (χ1) is 4.81. The lowest BCUT2D eigenvalue weighted by Crippen LogP contribution is -2.00. The van der Waals surface area contributed by atoms with Gasteiger partial charge in [0.1, 0.15) is 0 Å². The first-order valence-electron chi connectivity index (χ1n) is 4.16. The maximum atomic E-state index is 9.22. The zero-order valence-corrected chi connectivity index (χ0v) is 7.01. The molecule has 1 nitrogen and oxygen atoms in total. The van der Waals surface area contributed by atoms with Gasteiger partial charge < -0.3 is 5.11 Å². The molecule has 0 aliphatic rings. The number of unbranched alkanes of at least 4 members (excludes halogenated alkanes) is 1. The largest absolute Gasteiger partial charge is 0.389 e. The van der Waals surface area contributed by atoms with Crippen LogP contribution >= 0.6 is 0 Å². The first kappa shape index (κ1) is 9.70. The Balaban J connectivity index is 3.24. The normalized spacial score (nSPS) is 14.3. The summed E-state index contributed by atoms with van der Waals surface area (Å²) in [6, 6.07) is 0. The summed E-state index contributed by atoms with van der Waals surface area (Å²) in [4.78, 5) is 0. The topological polar surface area (TPSA) is 20.2 Å². The zero-order valence-electron chi connectivity index (χ0n) is 7.01. The van der Waals surface area contributed by atoms with Gasteiger partial charge in [0, 0.05) is 0 Å². The lowest BCUT2D eigenvalue weighted by atomic mass is 10.1. The summed E-state index contributed by atoms with van der Waals surface area (Å²) in [5.41, 5.74) is 0. The summed E-state index contributed by atoms with van der Waals surface area (Å²) in [5.74, 6) is 0. The summed E-state index contributed by atoms with van der Waals surface area (Å²) >= 11 is 0. The Bertz CT molecular complexity index is 86.7. The van der Waals surface area contributed by atoms with Gasteiger partial charge in [-0.05, 0) is 12.8 Å². The van der Waals surface area contributed by atoms with Crippen LogP contribution in [0.15, 0.2) is 12.2 Å². The molecule has 1 heteroatoms. The van der Waals surface area contributed by atoms with E-state index < -0.39 is 0 Å². The van der Waals surface area contributed by atoms with Crippen LogP contribution in [0.3, 0.4) is 0 Å². The molecular weight excluding hydrogens is 124 g/mol. The van der Waals surface area contributed by atoms with Crippen LogP contribution < -0.4 is 0 Å². The molecule has 0 aliphatic heterocycles. The minimum Gasteiger partial charge on any atom is -0.389 e. The number of allylic oxidation sites excluding steroid dienone is 1. The number of hydrogen-bond donors (Lipinski definition) is 1. The fourth-order valence-corrected chi connectivity index (χ4v) is 0.803. The molecule has 0 saturated carbocycles. The van der Waals surface area contributed by atoms with E-state index in [-0.39, 0.29) is 6.10 Å². The van der Waals surface area contributed by atoms with E-state index in [2.05, 4.69) is 13.8 Å². The molecule has 0 saturated heterocycles. The molecule has 0 aromatic rings. The molecule has 0 fully saturated rings. The Morgan fingerprint density at radius 1 is 1.40 bits per heavy atom. The van der Waals surface area contributed by atoms with Crippen molar-refractivity contribution in [1.82, 2.24) is 0 Å². The average molecular weight is 142 g/mol. The van der Waals surface area contributed by atoms with E-state index in [0.29, 0.717) is 0 Å². The Hall–Kier alpha value is -0.300. The SMILES string of the molecule is CC/C=C/C(O)CCCC. The first-order valence-corrected chi connectivity index (χ1v) is 4.16. The van der Waals surface area contributed by atoms with E-state index in [1.165, 1.54) is 0 Å². The van der Waals surface area contributed by atoms with Crippen LogP contribution in [0.4, 0.5) is 0 Å². The second-order valence-corrected chi connectivity index (χ2v) is 2.55. The fraction of sp³-hybridized carbons (Fsp3) is 0.778. The van der Waals surface area contributed by atoms with Crippen LogP contribution in [0.25, 0.3) is 0 Å². The maximum Gasteiger partial charge on any atom is 0.0720 e. The summed E-state index contributed by atoms with van der Waals surface area (Å²) in [5, 5.41) is 9.22. The third-order valence-corrected chi connectivity index (χ3v) is 1.45. The van der Waals surface area contributed by atoms with E-state index in [9.17, 15) is 5.11 Å². The maximum absolute atomic E-state index is 9.22. The van der Waals surface area contributed by atoms with Gasteiger partial charge in [0.25, 0.3) is 0 Å². The van der Waals surface area contributed by atoms with Crippen molar-refractivity contribution in [2.75, 3.05) is 0 Å². The monoisotopic (exact) mass is 142 g/mol. The lowest BCUT2D eigenvalue weighted by Gasteiger charge is -2.01. The van der Waals surface area contributed by atoms with Gasteiger partial charge >= 0.3 is 0 Å². The van der Waals surface area contributed by atoms with Gasteiger partial charge in [-0.3, -0.25) is 0 Å². The van der Waals surface area contributed by atoms with Crippen LogP contribution in [0.2, 0.25) is 0 Å². The summed E-state index contributed by atoms with van der Waals surface area (Å²) in [6.07, 6.45) is 7.90. The second kappa shape index (κ2) is 6.81. The van der Waals surface area contributed by atoms with E-state index in [4.69, 9.17) is 0 Å². The molecule has 0 heterocycles. The third kappa shape index (κ3) is 5.83. The number of aliphatic hydroxyl groups is 1. The highest BCUT2D eigenvalue weighted by Gasteiger charge is 1.95. The molecule has 0 aliphatic carbocycles. The quantitative estimate of drug-likeness (QED) is 0.585. The van der Waals surface area contributed by atoms with Crippen LogP contribution in [0.1, 0.15) is 39.5 Å². The molecule has 0 radical (unpaired) electrons. The van der Waals surface area contributed by atoms with E-state index in [1.54, 1.807) is 0 Å². The highest BCUT2D eigenvalue weighted by Crippen LogP contribution is 2.01. The van der Waals surface area contributed by atoms with E-state index in [1.807, 2.05) is 12.2 Å². The molecule has 0 aromatic carbocycles.